The lowest BCUT2D eigenvalue weighted by atomic mass is 9.97. The Balaban J connectivity index is 2.42. The summed E-state index contributed by atoms with van der Waals surface area (Å²) in [5.74, 6) is 0.350. The van der Waals surface area contributed by atoms with Gasteiger partial charge in [0.25, 0.3) is 0 Å². The largest absolute Gasteiger partial charge is 0.511 e. The van der Waals surface area contributed by atoms with Gasteiger partial charge in [-0.1, -0.05) is 42.5 Å². The highest BCUT2D eigenvalue weighted by molar-refractivity contribution is 5.77. The Morgan fingerprint density at radius 1 is 1.10 bits per heavy atom. The molecule has 0 aliphatic rings. The van der Waals surface area contributed by atoms with Crippen LogP contribution in [0.25, 0.3) is 11.1 Å². The van der Waals surface area contributed by atoms with E-state index in [-0.39, 0.29) is 0 Å². The van der Waals surface area contributed by atoms with Crippen molar-refractivity contribution in [3.63, 3.8) is 0 Å². The minimum absolute atomic E-state index is 0.350. The lowest BCUT2D eigenvalue weighted by Crippen LogP contribution is -2.06. The predicted molar refractivity (Wildman–Crippen MR) is 80.7 cm³/mol. The summed E-state index contributed by atoms with van der Waals surface area (Å²) in [6.07, 6.45) is -0.608. The molecule has 2 rings (SSSR count). The summed E-state index contributed by atoms with van der Waals surface area (Å²) < 4.78 is 10.3. The molecular formula is C17H18O4. The first-order chi connectivity index (χ1) is 10.2. The van der Waals surface area contributed by atoms with Gasteiger partial charge in [-0.15, -0.1) is 0 Å². The Morgan fingerprint density at radius 3 is 2.52 bits per heavy atom. The highest BCUT2D eigenvalue weighted by Gasteiger charge is 2.14. The van der Waals surface area contributed by atoms with Crippen molar-refractivity contribution >= 4 is 6.16 Å². The smallest absolute Gasteiger partial charge is 0.449 e. The number of benzene rings is 2. The second-order valence-corrected chi connectivity index (χ2v) is 4.47. The molecule has 2 aromatic carbocycles. The van der Waals surface area contributed by atoms with Gasteiger partial charge in [-0.2, -0.15) is 0 Å². The monoisotopic (exact) mass is 286 g/mol. The standard InChI is InChI=1S/C17H18O4/c1-2-20-12-11-14-9-6-10-15(21-17(18)19)16(14)13-7-4-3-5-8-13/h3-10H,2,11-12H2,1H3,(H,18,19). The lowest BCUT2D eigenvalue weighted by Gasteiger charge is -2.14. The van der Waals surface area contributed by atoms with Crippen molar-refractivity contribution in [2.45, 2.75) is 13.3 Å². The van der Waals surface area contributed by atoms with Gasteiger partial charge in [0.15, 0.2) is 0 Å². The molecule has 0 saturated carbocycles. The Morgan fingerprint density at radius 2 is 1.86 bits per heavy atom. The molecule has 4 heteroatoms. The van der Waals surface area contributed by atoms with Crippen LogP contribution in [0.4, 0.5) is 4.79 Å². The molecule has 0 saturated heterocycles. The molecule has 2 aromatic rings. The number of rotatable bonds is 6. The molecule has 0 heterocycles. The van der Waals surface area contributed by atoms with Gasteiger partial charge < -0.3 is 14.6 Å². The average Bonchev–Trinajstić information content (AvgIpc) is 2.48. The van der Waals surface area contributed by atoms with Crippen molar-refractivity contribution in [3.05, 3.63) is 54.1 Å². The van der Waals surface area contributed by atoms with Gasteiger partial charge in [0, 0.05) is 12.2 Å². The van der Waals surface area contributed by atoms with Crippen molar-refractivity contribution in [3.8, 4) is 16.9 Å². The predicted octanol–water partition coefficient (Wildman–Crippen LogP) is 3.99. The number of carbonyl (C=O) groups is 1. The molecule has 0 bridgehead atoms. The molecule has 0 amide bonds. The Bertz CT molecular complexity index is 593. The minimum atomic E-state index is -1.31. The van der Waals surface area contributed by atoms with Crippen LogP contribution in [0.2, 0.25) is 0 Å². The minimum Gasteiger partial charge on any atom is -0.449 e. The maximum Gasteiger partial charge on any atom is 0.511 e. The quantitative estimate of drug-likeness (QED) is 0.495. The maximum atomic E-state index is 10.9. The van der Waals surface area contributed by atoms with E-state index < -0.39 is 6.16 Å². The van der Waals surface area contributed by atoms with Crippen LogP contribution in [0.5, 0.6) is 5.75 Å². The highest BCUT2D eigenvalue weighted by atomic mass is 16.7. The van der Waals surface area contributed by atoms with E-state index in [1.165, 1.54) is 0 Å². The van der Waals surface area contributed by atoms with E-state index in [4.69, 9.17) is 14.6 Å². The summed E-state index contributed by atoms with van der Waals surface area (Å²) in [6, 6.07) is 15.1. The second kappa shape index (κ2) is 7.45. The summed E-state index contributed by atoms with van der Waals surface area (Å²) in [5, 5.41) is 8.90. The van der Waals surface area contributed by atoms with Crippen molar-refractivity contribution in [1.29, 1.82) is 0 Å². The molecule has 1 N–H and O–H groups in total. The molecule has 0 aromatic heterocycles. The summed E-state index contributed by atoms with van der Waals surface area (Å²) in [6.45, 7) is 3.20. The summed E-state index contributed by atoms with van der Waals surface area (Å²) in [4.78, 5) is 10.9. The van der Waals surface area contributed by atoms with Gasteiger partial charge in [0.05, 0.1) is 6.61 Å². The van der Waals surface area contributed by atoms with E-state index in [2.05, 4.69) is 0 Å². The van der Waals surface area contributed by atoms with Crippen LogP contribution >= 0.6 is 0 Å². The van der Waals surface area contributed by atoms with E-state index >= 15 is 0 Å². The molecule has 0 fully saturated rings. The number of ether oxygens (including phenoxy) is 2. The van der Waals surface area contributed by atoms with Crippen molar-refractivity contribution in [2.24, 2.45) is 0 Å². The Kier molecular flexibility index (Phi) is 5.35. The zero-order chi connectivity index (χ0) is 15.1. The van der Waals surface area contributed by atoms with Crippen LogP contribution < -0.4 is 4.74 Å². The van der Waals surface area contributed by atoms with Gasteiger partial charge in [0.1, 0.15) is 5.75 Å². The third-order valence-corrected chi connectivity index (χ3v) is 3.09. The molecule has 110 valence electrons. The fraction of sp³-hybridized carbons (Fsp3) is 0.235. The molecule has 0 aliphatic heterocycles. The van der Waals surface area contributed by atoms with E-state index in [0.717, 1.165) is 16.7 Å². The van der Waals surface area contributed by atoms with Crippen LogP contribution in [0.15, 0.2) is 48.5 Å². The van der Waals surface area contributed by atoms with Crippen molar-refractivity contribution in [2.75, 3.05) is 13.2 Å². The first-order valence-electron chi connectivity index (χ1n) is 6.88. The molecule has 0 spiro atoms. The number of carboxylic acid groups (broad SMARTS) is 1. The van der Waals surface area contributed by atoms with Gasteiger partial charge >= 0.3 is 6.16 Å². The van der Waals surface area contributed by atoms with Gasteiger partial charge in [-0.3, -0.25) is 0 Å². The molecule has 0 atom stereocenters. The van der Waals surface area contributed by atoms with Crippen LogP contribution in [0.3, 0.4) is 0 Å². The first kappa shape index (κ1) is 15.1. The first-order valence-corrected chi connectivity index (χ1v) is 6.88. The van der Waals surface area contributed by atoms with Crippen LogP contribution in [-0.4, -0.2) is 24.5 Å². The van der Waals surface area contributed by atoms with E-state index in [1.54, 1.807) is 12.1 Å². The zero-order valence-electron chi connectivity index (χ0n) is 11.9. The van der Waals surface area contributed by atoms with Crippen molar-refractivity contribution < 1.29 is 19.4 Å². The Labute approximate surface area is 123 Å². The third-order valence-electron chi connectivity index (χ3n) is 3.09. The van der Waals surface area contributed by atoms with Crippen LogP contribution in [0, 0.1) is 0 Å². The Hall–Kier alpha value is -2.33. The molecule has 0 radical (unpaired) electrons. The van der Waals surface area contributed by atoms with Gasteiger partial charge in [0.2, 0.25) is 0 Å². The van der Waals surface area contributed by atoms with E-state index in [0.29, 0.717) is 25.4 Å². The summed E-state index contributed by atoms with van der Waals surface area (Å²) in [5.41, 5.74) is 2.74. The highest BCUT2D eigenvalue weighted by Crippen LogP contribution is 2.34. The zero-order valence-corrected chi connectivity index (χ0v) is 11.9. The molecule has 0 aliphatic carbocycles. The molecular weight excluding hydrogens is 268 g/mol. The van der Waals surface area contributed by atoms with Crippen molar-refractivity contribution in [1.82, 2.24) is 0 Å². The fourth-order valence-electron chi connectivity index (χ4n) is 2.22. The normalized spacial score (nSPS) is 10.3. The van der Waals surface area contributed by atoms with E-state index in [9.17, 15) is 4.79 Å². The summed E-state index contributed by atoms with van der Waals surface area (Å²) >= 11 is 0. The van der Waals surface area contributed by atoms with Gasteiger partial charge in [-0.25, -0.2) is 4.79 Å². The SMILES string of the molecule is CCOCCc1cccc(OC(=O)O)c1-c1ccccc1. The lowest BCUT2D eigenvalue weighted by molar-refractivity contribution is 0.144. The second-order valence-electron chi connectivity index (χ2n) is 4.47. The topological polar surface area (TPSA) is 55.8 Å². The molecule has 0 unspecified atom stereocenters. The molecule has 21 heavy (non-hydrogen) atoms. The average molecular weight is 286 g/mol. The van der Waals surface area contributed by atoms with E-state index in [1.807, 2.05) is 43.3 Å². The molecule has 4 nitrogen and oxygen atoms in total. The van der Waals surface area contributed by atoms with Gasteiger partial charge in [-0.05, 0) is 30.5 Å². The maximum absolute atomic E-state index is 10.9. The van der Waals surface area contributed by atoms with Crippen LogP contribution in [0.1, 0.15) is 12.5 Å². The third kappa shape index (κ3) is 4.07. The number of hydrogen-bond acceptors (Lipinski definition) is 3. The summed E-state index contributed by atoms with van der Waals surface area (Å²) in [7, 11) is 0. The number of hydrogen-bond donors (Lipinski definition) is 1. The van der Waals surface area contributed by atoms with Crippen LogP contribution in [-0.2, 0) is 11.2 Å². The fourth-order valence-corrected chi connectivity index (χ4v) is 2.22.